The van der Waals surface area contributed by atoms with Gasteiger partial charge in [0.05, 0.1) is 0 Å². The Morgan fingerprint density at radius 1 is 0.947 bits per heavy atom. The fraction of sp³-hybridized carbons (Fsp3) is 0.111. The van der Waals surface area contributed by atoms with Gasteiger partial charge >= 0.3 is 0 Å². The molecule has 0 atom stereocenters. The van der Waals surface area contributed by atoms with Gasteiger partial charge in [-0.05, 0) is 43.2 Å². The number of nitrogens with one attached hydrogen (secondary N) is 1. The number of hydrogen-bond acceptors (Lipinski definition) is 1. The van der Waals surface area contributed by atoms with Crippen molar-refractivity contribution in [3.63, 3.8) is 0 Å². The maximum Gasteiger partial charge on any atom is 0.0379 e. The van der Waals surface area contributed by atoms with Crippen LogP contribution in [0.25, 0.3) is 5.57 Å². The van der Waals surface area contributed by atoms with E-state index in [0.717, 1.165) is 5.69 Å². The van der Waals surface area contributed by atoms with Gasteiger partial charge in [-0.15, -0.1) is 0 Å². The standard InChI is InChI=1S/C18H19N/c1-3-16(17-11-9-15(2)10-12-17)13-14-19-18-7-5-4-6-8-18/h3-14,19H,1-2H3/b14-13-,16-3+. The van der Waals surface area contributed by atoms with Crippen molar-refractivity contribution in [3.8, 4) is 0 Å². The van der Waals surface area contributed by atoms with Crippen LogP contribution in [0, 0.1) is 6.92 Å². The molecule has 0 aliphatic heterocycles. The topological polar surface area (TPSA) is 12.0 Å². The summed E-state index contributed by atoms with van der Waals surface area (Å²) < 4.78 is 0. The Labute approximate surface area is 115 Å². The molecule has 0 spiro atoms. The summed E-state index contributed by atoms with van der Waals surface area (Å²) in [6.45, 7) is 4.16. The molecule has 0 aliphatic carbocycles. The third kappa shape index (κ3) is 3.85. The molecule has 1 nitrogen and oxygen atoms in total. The van der Waals surface area contributed by atoms with E-state index in [2.05, 4.69) is 55.6 Å². The van der Waals surface area contributed by atoms with Crippen LogP contribution < -0.4 is 5.32 Å². The van der Waals surface area contributed by atoms with Crippen LogP contribution in [0.3, 0.4) is 0 Å². The third-order valence-electron chi connectivity index (χ3n) is 2.98. The first kappa shape index (κ1) is 13.2. The number of aryl methyl sites for hydroxylation is 1. The van der Waals surface area contributed by atoms with Crippen LogP contribution in [-0.2, 0) is 0 Å². The minimum Gasteiger partial charge on any atom is -0.362 e. The zero-order chi connectivity index (χ0) is 13.5. The monoisotopic (exact) mass is 249 g/mol. The Hall–Kier alpha value is -2.28. The summed E-state index contributed by atoms with van der Waals surface area (Å²) in [5.41, 5.74) is 4.83. The predicted octanol–water partition coefficient (Wildman–Crippen LogP) is 5.02. The lowest BCUT2D eigenvalue weighted by Crippen LogP contribution is -1.87. The Morgan fingerprint density at radius 2 is 1.63 bits per heavy atom. The van der Waals surface area contributed by atoms with Crippen molar-refractivity contribution in [3.05, 3.63) is 84.1 Å². The molecular formula is C18H19N. The van der Waals surface area contributed by atoms with Gasteiger partial charge in [-0.3, -0.25) is 0 Å². The van der Waals surface area contributed by atoms with Gasteiger partial charge in [0.25, 0.3) is 0 Å². The molecule has 2 rings (SSSR count). The summed E-state index contributed by atoms with van der Waals surface area (Å²) in [4.78, 5) is 0. The molecule has 0 amide bonds. The highest BCUT2D eigenvalue weighted by Crippen LogP contribution is 2.16. The zero-order valence-corrected chi connectivity index (χ0v) is 11.4. The number of benzene rings is 2. The largest absolute Gasteiger partial charge is 0.362 e. The van der Waals surface area contributed by atoms with Crippen molar-refractivity contribution in [2.24, 2.45) is 0 Å². The first-order valence-electron chi connectivity index (χ1n) is 6.51. The highest BCUT2D eigenvalue weighted by Gasteiger charge is 1.95. The van der Waals surface area contributed by atoms with E-state index in [1.54, 1.807) is 0 Å². The first-order valence-corrected chi connectivity index (χ1v) is 6.51. The van der Waals surface area contributed by atoms with E-state index in [-0.39, 0.29) is 0 Å². The van der Waals surface area contributed by atoms with Gasteiger partial charge < -0.3 is 5.32 Å². The second kappa shape index (κ2) is 6.60. The molecule has 96 valence electrons. The van der Waals surface area contributed by atoms with E-state index < -0.39 is 0 Å². The Morgan fingerprint density at radius 3 is 2.26 bits per heavy atom. The van der Waals surface area contributed by atoms with E-state index in [4.69, 9.17) is 0 Å². The summed E-state index contributed by atoms with van der Waals surface area (Å²) in [5, 5.41) is 3.27. The van der Waals surface area contributed by atoms with Crippen molar-refractivity contribution < 1.29 is 0 Å². The lowest BCUT2D eigenvalue weighted by molar-refractivity contribution is 1.45. The summed E-state index contributed by atoms with van der Waals surface area (Å²) in [5.74, 6) is 0. The van der Waals surface area contributed by atoms with Gasteiger partial charge in [0.15, 0.2) is 0 Å². The molecule has 19 heavy (non-hydrogen) atoms. The SMILES string of the molecule is C/C=C(\C=C/Nc1ccccc1)c1ccc(C)cc1. The quantitative estimate of drug-likeness (QED) is 0.750. The van der Waals surface area contributed by atoms with Crippen LogP contribution >= 0.6 is 0 Å². The molecular weight excluding hydrogens is 230 g/mol. The maximum absolute atomic E-state index is 3.27. The molecule has 1 N–H and O–H groups in total. The van der Waals surface area contributed by atoms with Gasteiger partial charge in [-0.1, -0.05) is 54.1 Å². The van der Waals surface area contributed by atoms with Crippen molar-refractivity contribution >= 4 is 11.3 Å². The van der Waals surface area contributed by atoms with E-state index in [1.807, 2.05) is 36.5 Å². The smallest absolute Gasteiger partial charge is 0.0379 e. The normalized spacial score (nSPS) is 11.8. The summed E-state index contributed by atoms with van der Waals surface area (Å²) in [6.07, 6.45) is 6.19. The molecule has 2 aromatic carbocycles. The molecule has 0 aromatic heterocycles. The molecule has 1 heteroatoms. The lowest BCUT2D eigenvalue weighted by Gasteiger charge is -2.04. The minimum atomic E-state index is 1.10. The van der Waals surface area contributed by atoms with E-state index >= 15 is 0 Å². The van der Waals surface area contributed by atoms with Crippen LogP contribution in [-0.4, -0.2) is 0 Å². The van der Waals surface area contributed by atoms with Crippen LogP contribution in [0.5, 0.6) is 0 Å². The zero-order valence-electron chi connectivity index (χ0n) is 11.4. The fourth-order valence-corrected chi connectivity index (χ4v) is 1.87. The number of rotatable bonds is 4. The Kier molecular flexibility index (Phi) is 4.57. The molecule has 0 unspecified atom stereocenters. The number of para-hydroxylation sites is 1. The predicted molar refractivity (Wildman–Crippen MR) is 84.0 cm³/mol. The fourth-order valence-electron chi connectivity index (χ4n) is 1.87. The van der Waals surface area contributed by atoms with Crippen molar-refractivity contribution in [1.29, 1.82) is 0 Å². The van der Waals surface area contributed by atoms with Crippen LogP contribution in [0.2, 0.25) is 0 Å². The molecule has 0 radical (unpaired) electrons. The molecule has 0 fully saturated rings. The molecule has 0 saturated carbocycles. The molecule has 2 aromatic rings. The van der Waals surface area contributed by atoms with Gasteiger partial charge in [0.2, 0.25) is 0 Å². The average Bonchev–Trinajstić information content (AvgIpc) is 2.46. The van der Waals surface area contributed by atoms with E-state index in [9.17, 15) is 0 Å². The van der Waals surface area contributed by atoms with Crippen LogP contribution in [0.15, 0.2) is 72.9 Å². The number of hydrogen-bond donors (Lipinski definition) is 1. The van der Waals surface area contributed by atoms with Crippen molar-refractivity contribution in [2.75, 3.05) is 5.32 Å². The van der Waals surface area contributed by atoms with Crippen LogP contribution in [0.4, 0.5) is 5.69 Å². The Bertz CT molecular complexity index is 562. The van der Waals surface area contributed by atoms with Gasteiger partial charge in [0, 0.05) is 11.9 Å². The minimum absolute atomic E-state index is 1.10. The molecule has 0 bridgehead atoms. The van der Waals surface area contributed by atoms with Gasteiger partial charge in [-0.2, -0.15) is 0 Å². The second-order valence-corrected chi connectivity index (χ2v) is 4.45. The Balaban J connectivity index is 2.06. The second-order valence-electron chi connectivity index (χ2n) is 4.45. The average molecular weight is 249 g/mol. The highest BCUT2D eigenvalue weighted by atomic mass is 14.8. The summed E-state index contributed by atoms with van der Waals surface area (Å²) in [7, 11) is 0. The summed E-state index contributed by atoms with van der Waals surface area (Å²) >= 11 is 0. The third-order valence-corrected chi connectivity index (χ3v) is 2.98. The molecule has 0 saturated heterocycles. The van der Waals surface area contributed by atoms with Gasteiger partial charge in [0.1, 0.15) is 0 Å². The van der Waals surface area contributed by atoms with Crippen LogP contribution in [0.1, 0.15) is 18.1 Å². The van der Waals surface area contributed by atoms with Crippen molar-refractivity contribution in [1.82, 2.24) is 0 Å². The summed E-state index contributed by atoms with van der Waals surface area (Å²) in [6, 6.07) is 18.7. The van der Waals surface area contributed by atoms with Crippen molar-refractivity contribution in [2.45, 2.75) is 13.8 Å². The maximum atomic E-state index is 3.27. The molecule has 0 heterocycles. The van der Waals surface area contributed by atoms with E-state index in [1.165, 1.54) is 16.7 Å². The first-order chi connectivity index (χ1) is 9.29. The number of allylic oxidation sites excluding steroid dienone is 3. The molecule has 0 aliphatic rings. The number of anilines is 1. The highest BCUT2D eigenvalue weighted by molar-refractivity contribution is 5.74. The van der Waals surface area contributed by atoms with Gasteiger partial charge in [-0.25, -0.2) is 0 Å². The van der Waals surface area contributed by atoms with E-state index in [0.29, 0.717) is 0 Å². The lowest BCUT2D eigenvalue weighted by atomic mass is 10.0.